The van der Waals surface area contributed by atoms with Crippen LogP contribution in [0.2, 0.25) is 0 Å². The Labute approximate surface area is 129 Å². The summed E-state index contributed by atoms with van der Waals surface area (Å²) < 4.78 is 14.0. The van der Waals surface area contributed by atoms with Gasteiger partial charge in [0.05, 0.1) is 6.04 Å². The molecule has 0 aliphatic heterocycles. The minimum absolute atomic E-state index is 0.109. The minimum atomic E-state index is -0.256. The number of aromatic nitrogens is 4. The van der Waals surface area contributed by atoms with Gasteiger partial charge in [0, 0.05) is 10.0 Å². The first-order chi connectivity index (χ1) is 10.1. The quantitative estimate of drug-likeness (QED) is 0.723. The Bertz CT molecular complexity index is 737. The highest BCUT2D eigenvalue weighted by molar-refractivity contribution is 9.10. The van der Waals surface area contributed by atoms with Crippen LogP contribution in [0.1, 0.15) is 18.5 Å². The van der Waals surface area contributed by atoms with Gasteiger partial charge in [-0.05, 0) is 54.1 Å². The third-order valence-corrected chi connectivity index (χ3v) is 3.76. The molecule has 6 heteroatoms. The molecular weight excluding hydrogens is 335 g/mol. The second-order valence-electron chi connectivity index (χ2n) is 4.67. The predicted molar refractivity (Wildman–Crippen MR) is 81.2 cm³/mol. The number of halogens is 2. The van der Waals surface area contributed by atoms with E-state index in [1.54, 1.807) is 12.1 Å². The normalized spacial score (nSPS) is 12.3. The van der Waals surface area contributed by atoms with Crippen molar-refractivity contribution in [3.8, 4) is 11.4 Å². The second kappa shape index (κ2) is 5.73. The zero-order valence-electron chi connectivity index (χ0n) is 11.2. The van der Waals surface area contributed by atoms with Gasteiger partial charge in [-0.15, -0.1) is 10.2 Å². The van der Waals surface area contributed by atoms with Gasteiger partial charge in [0.15, 0.2) is 0 Å². The molecule has 4 nitrogen and oxygen atoms in total. The summed E-state index contributed by atoms with van der Waals surface area (Å²) >= 11 is 3.39. The third-order valence-electron chi connectivity index (χ3n) is 3.23. The summed E-state index contributed by atoms with van der Waals surface area (Å²) in [5.74, 6) is 0.310. The number of hydrogen-bond donors (Lipinski definition) is 0. The fourth-order valence-corrected chi connectivity index (χ4v) is 2.24. The first-order valence-corrected chi connectivity index (χ1v) is 7.24. The number of tetrazole rings is 1. The van der Waals surface area contributed by atoms with Crippen LogP contribution in [-0.2, 0) is 0 Å². The second-order valence-corrected chi connectivity index (χ2v) is 5.58. The molecule has 0 aliphatic carbocycles. The average molecular weight is 347 g/mol. The standard InChI is InChI=1S/C15H12BrFN4/c1-10(11-4-8-14(17)9-5-11)21-19-15(18-20-21)12-2-6-13(16)7-3-12/h2-10H,1H3. The Morgan fingerprint density at radius 2 is 1.71 bits per heavy atom. The summed E-state index contributed by atoms with van der Waals surface area (Å²) in [5, 5.41) is 12.6. The van der Waals surface area contributed by atoms with Gasteiger partial charge < -0.3 is 0 Å². The van der Waals surface area contributed by atoms with Crippen molar-refractivity contribution < 1.29 is 4.39 Å². The fourth-order valence-electron chi connectivity index (χ4n) is 1.98. The van der Waals surface area contributed by atoms with Crippen molar-refractivity contribution in [3.05, 3.63) is 64.4 Å². The van der Waals surface area contributed by atoms with Gasteiger partial charge in [-0.3, -0.25) is 0 Å². The van der Waals surface area contributed by atoms with E-state index >= 15 is 0 Å². The minimum Gasteiger partial charge on any atom is -0.207 e. The van der Waals surface area contributed by atoms with E-state index in [0.29, 0.717) is 5.82 Å². The Morgan fingerprint density at radius 3 is 2.38 bits per heavy atom. The number of rotatable bonds is 3. The molecule has 2 aromatic carbocycles. The van der Waals surface area contributed by atoms with E-state index in [9.17, 15) is 4.39 Å². The van der Waals surface area contributed by atoms with Gasteiger partial charge in [-0.2, -0.15) is 4.80 Å². The lowest BCUT2D eigenvalue weighted by Crippen LogP contribution is -2.10. The molecule has 0 N–H and O–H groups in total. The van der Waals surface area contributed by atoms with Crippen molar-refractivity contribution in [3.63, 3.8) is 0 Å². The molecule has 1 aromatic heterocycles. The Balaban J connectivity index is 1.87. The first-order valence-electron chi connectivity index (χ1n) is 6.44. The van der Waals surface area contributed by atoms with Gasteiger partial charge in [0.2, 0.25) is 5.82 Å². The lowest BCUT2D eigenvalue weighted by atomic mass is 10.1. The molecule has 1 atom stereocenters. The summed E-state index contributed by atoms with van der Waals surface area (Å²) in [5.41, 5.74) is 1.83. The molecule has 0 saturated heterocycles. The molecule has 1 heterocycles. The smallest absolute Gasteiger partial charge is 0.204 e. The van der Waals surface area contributed by atoms with Crippen LogP contribution in [-0.4, -0.2) is 20.2 Å². The van der Waals surface area contributed by atoms with Crippen LogP contribution in [0, 0.1) is 5.82 Å². The largest absolute Gasteiger partial charge is 0.207 e. The molecule has 3 aromatic rings. The van der Waals surface area contributed by atoms with Crippen LogP contribution in [0.4, 0.5) is 4.39 Å². The Kier molecular flexibility index (Phi) is 3.79. The molecular formula is C15H12BrFN4. The van der Waals surface area contributed by atoms with E-state index in [4.69, 9.17) is 0 Å². The summed E-state index contributed by atoms with van der Waals surface area (Å²) in [6, 6.07) is 13.9. The lowest BCUT2D eigenvalue weighted by molar-refractivity contribution is 0.480. The third kappa shape index (κ3) is 3.00. The van der Waals surface area contributed by atoms with E-state index in [1.807, 2.05) is 31.2 Å². The van der Waals surface area contributed by atoms with Crippen molar-refractivity contribution in [2.45, 2.75) is 13.0 Å². The van der Waals surface area contributed by atoms with E-state index < -0.39 is 0 Å². The van der Waals surface area contributed by atoms with Gasteiger partial charge >= 0.3 is 0 Å². The van der Waals surface area contributed by atoms with Crippen molar-refractivity contribution in [2.24, 2.45) is 0 Å². The van der Waals surface area contributed by atoms with E-state index in [0.717, 1.165) is 15.6 Å². The van der Waals surface area contributed by atoms with E-state index in [1.165, 1.54) is 16.9 Å². The zero-order valence-corrected chi connectivity index (χ0v) is 12.8. The van der Waals surface area contributed by atoms with Crippen molar-refractivity contribution in [2.75, 3.05) is 0 Å². The van der Waals surface area contributed by atoms with Crippen molar-refractivity contribution >= 4 is 15.9 Å². The van der Waals surface area contributed by atoms with Crippen LogP contribution < -0.4 is 0 Å². The summed E-state index contributed by atoms with van der Waals surface area (Å²) in [6.07, 6.45) is 0. The maximum absolute atomic E-state index is 13.0. The number of hydrogen-bond acceptors (Lipinski definition) is 3. The molecule has 0 bridgehead atoms. The van der Waals surface area contributed by atoms with Crippen LogP contribution >= 0.6 is 15.9 Å². The highest BCUT2D eigenvalue weighted by Gasteiger charge is 2.13. The Hall–Kier alpha value is -2.08. The van der Waals surface area contributed by atoms with Crippen LogP contribution in [0.25, 0.3) is 11.4 Å². The maximum Gasteiger partial charge on any atom is 0.204 e. The molecule has 0 radical (unpaired) electrons. The molecule has 0 fully saturated rings. The van der Waals surface area contributed by atoms with E-state index in [2.05, 4.69) is 31.3 Å². The monoisotopic (exact) mass is 346 g/mol. The molecule has 3 rings (SSSR count). The van der Waals surface area contributed by atoms with Gasteiger partial charge in [-0.1, -0.05) is 28.1 Å². The van der Waals surface area contributed by atoms with Gasteiger partial charge in [-0.25, -0.2) is 4.39 Å². The average Bonchev–Trinajstić information content (AvgIpc) is 2.98. The zero-order chi connectivity index (χ0) is 14.8. The van der Waals surface area contributed by atoms with Crippen molar-refractivity contribution in [1.82, 2.24) is 20.2 Å². The molecule has 0 saturated carbocycles. The molecule has 106 valence electrons. The van der Waals surface area contributed by atoms with Crippen LogP contribution in [0.5, 0.6) is 0 Å². The SMILES string of the molecule is CC(c1ccc(F)cc1)n1nnc(-c2ccc(Br)cc2)n1. The molecule has 21 heavy (non-hydrogen) atoms. The van der Waals surface area contributed by atoms with Crippen molar-refractivity contribution in [1.29, 1.82) is 0 Å². The Morgan fingerprint density at radius 1 is 1.05 bits per heavy atom. The van der Waals surface area contributed by atoms with Gasteiger partial charge in [0.1, 0.15) is 5.82 Å². The van der Waals surface area contributed by atoms with Gasteiger partial charge in [0.25, 0.3) is 0 Å². The predicted octanol–water partition coefficient (Wildman–Crippen LogP) is 3.85. The van der Waals surface area contributed by atoms with Crippen LogP contribution in [0.3, 0.4) is 0 Å². The highest BCUT2D eigenvalue weighted by atomic mass is 79.9. The van der Waals surface area contributed by atoms with Crippen LogP contribution in [0.15, 0.2) is 53.0 Å². The lowest BCUT2D eigenvalue weighted by Gasteiger charge is -2.09. The molecule has 0 amide bonds. The number of benzene rings is 2. The summed E-state index contributed by atoms with van der Waals surface area (Å²) in [7, 11) is 0. The molecule has 1 unspecified atom stereocenters. The summed E-state index contributed by atoms with van der Waals surface area (Å²) in [6.45, 7) is 1.94. The maximum atomic E-state index is 13.0. The topological polar surface area (TPSA) is 43.6 Å². The number of nitrogens with zero attached hydrogens (tertiary/aromatic N) is 4. The molecule has 0 spiro atoms. The van der Waals surface area contributed by atoms with E-state index in [-0.39, 0.29) is 11.9 Å². The first kappa shape index (κ1) is 13.9. The fraction of sp³-hybridized carbons (Fsp3) is 0.133. The highest BCUT2D eigenvalue weighted by Crippen LogP contribution is 2.20. The molecule has 0 aliphatic rings. The summed E-state index contributed by atoms with van der Waals surface area (Å²) in [4.78, 5) is 1.53.